The van der Waals surface area contributed by atoms with Crippen LogP contribution in [0.3, 0.4) is 0 Å². The van der Waals surface area contributed by atoms with Gasteiger partial charge in [-0.25, -0.2) is 0 Å². The van der Waals surface area contributed by atoms with Crippen molar-refractivity contribution in [2.75, 3.05) is 31.1 Å². The Kier molecular flexibility index (Phi) is 6.65. The minimum atomic E-state index is -4.67. The van der Waals surface area contributed by atoms with E-state index in [1.54, 1.807) is 34.1 Å². The first kappa shape index (κ1) is 22.8. The monoisotopic (exact) mass is 472 g/mol. The van der Waals surface area contributed by atoms with Gasteiger partial charge in [0.2, 0.25) is 0 Å². The topological polar surface area (TPSA) is 78.7 Å². The third kappa shape index (κ3) is 5.42. The summed E-state index contributed by atoms with van der Waals surface area (Å²) >= 11 is 11.1. The summed E-state index contributed by atoms with van der Waals surface area (Å²) in [5, 5.41) is 14.6. The van der Waals surface area contributed by atoms with E-state index >= 15 is 0 Å². The van der Waals surface area contributed by atoms with Crippen molar-refractivity contribution in [3.63, 3.8) is 0 Å². The fourth-order valence-electron chi connectivity index (χ4n) is 3.11. The van der Waals surface area contributed by atoms with Crippen LogP contribution in [0.2, 0.25) is 5.02 Å². The molecule has 31 heavy (non-hydrogen) atoms. The molecule has 1 aliphatic heterocycles. The molecular weight excluding hydrogens is 457 g/mol. The van der Waals surface area contributed by atoms with Crippen molar-refractivity contribution in [2.24, 2.45) is 0 Å². The number of rotatable bonds is 3. The molecule has 1 heterocycles. The van der Waals surface area contributed by atoms with Gasteiger partial charge in [-0.1, -0.05) is 11.6 Å². The molecule has 0 saturated carbocycles. The number of alkyl halides is 3. The molecule has 2 aromatic carbocycles. The fraction of sp³-hybridized carbons (Fsp3) is 0.263. The molecule has 0 aliphatic carbocycles. The first-order valence-corrected chi connectivity index (χ1v) is 9.81. The summed E-state index contributed by atoms with van der Waals surface area (Å²) in [5.74, 6) is -0.400. The third-order valence-corrected chi connectivity index (χ3v) is 5.35. The number of anilines is 1. The minimum Gasteiger partial charge on any atom is -0.362 e. The summed E-state index contributed by atoms with van der Waals surface area (Å²) in [7, 11) is 0. The van der Waals surface area contributed by atoms with Crippen LogP contribution in [0.4, 0.5) is 24.5 Å². The number of amides is 1. The molecule has 1 saturated heterocycles. The van der Waals surface area contributed by atoms with Crippen molar-refractivity contribution in [3.8, 4) is 0 Å². The second-order valence-electron chi connectivity index (χ2n) is 6.70. The number of thiocarbonyl (C=S) groups is 1. The van der Waals surface area contributed by atoms with E-state index in [0.29, 0.717) is 29.7 Å². The molecule has 164 valence electrons. The lowest BCUT2D eigenvalue weighted by Crippen LogP contribution is -2.52. The van der Waals surface area contributed by atoms with Gasteiger partial charge in [0.15, 0.2) is 5.11 Å². The Hall–Kier alpha value is -2.92. The fourth-order valence-corrected chi connectivity index (χ4v) is 3.51. The number of nitro benzene ring substituents is 1. The predicted octanol–water partition coefficient (Wildman–Crippen LogP) is 4.10. The number of nitro groups is 1. The van der Waals surface area contributed by atoms with Crippen molar-refractivity contribution in [1.82, 2.24) is 10.2 Å². The highest BCUT2D eigenvalue weighted by molar-refractivity contribution is 7.80. The molecule has 0 bridgehead atoms. The number of nitrogens with one attached hydrogen (secondary N) is 1. The molecule has 0 spiro atoms. The summed E-state index contributed by atoms with van der Waals surface area (Å²) in [5.41, 5.74) is -1.20. The number of halogens is 4. The van der Waals surface area contributed by atoms with Gasteiger partial charge in [-0.15, -0.1) is 0 Å². The maximum atomic E-state index is 12.9. The van der Waals surface area contributed by atoms with E-state index in [-0.39, 0.29) is 23.9 Å². The third-order valence-electron chi connectivity index (χ3n) is 4.73. The predicted molar refractivity (Wildman–Crippen MR) is 113 cm³/mol. The Balaban J connectivity index is 1.65. The van der Waals surface area contributed by atoms with Gasteiger partial charge in [0.25, 0.3) is 11.6 Å². The summed E-state index contributed by atoms with van der Waals surface area (Å²) in [4.78, 5) is 26.1. The summed E-state index contributed by atoms with van der Waals surface area (Å²) in [6, 6.07) is 8.75. The van der Waals surface area contributed by atoms with E-state index in [9.17, 15) is 28.1 Å². The average Bonchev–Trinajstić information content (AvgIpc) is 2.73. The van der Waals surface area contributed by atoms with Gasteiger partial charge < -0.3 is 9.80 Å². The van der Waals surface area contributed by atoms with E-state index in [1.807, 2.05) is 0 Å². The molecule has 1 N–H and O–H groups in total. The molecule has 7 nitrogen and oxygen atoms in total. The summed E-state index contributed by atoms with van der Waals surface area (Å²) < 4.78 is 38.7. The van der Waals surface area contributed by atoms with Crippen molar-refractivity contribution in [2.45, 2.75) is 6.18 Å². The van der Waals surface area contributed by atoms with E-state index in [1.165, 1.54) is 0 Å². The molecule has 0 unspecified atom stereocenters. The van der Waals surface area contributed by atoms with Crippen LogP contribution < -0.4 is 10.2 Å². The number of hydrogen-bond acceptors (Lipinski definition) is 5. The Morgan fingerprint density at radius 3 is 2.26 bits per heavy atom. The van der Waals surface area contributed by atoms with Gasteiger partial charge >= 0.3 is 6.18 Å². The first-order chi connectivity index (χ1) is 14.6. The number of hydrogen-bond donors (Lipinski definition) is 1. The van der Waals surface area contributed by atoms with Crippen LogP contribution >= 0.6 is 23.8 Å². The molecule has 1 fully saturated rings. The van der Waals surface area contributed by atoms with Crippen LogP contribution in [0.15, 0.2) is 42.5 Å². The lowest BCUT2D eigenvalue weighted by molar-refractivity contribution is -0.384. The second-order valence-corrected chi connectivity index (χ2v) is 7.52. The van der Waals surface area contributed by atoms with E-state index in [4.69, 9.17) is 23.8 Å². The van der Waals surface area contributed by atoms with Crippen molar-refractivity contribution < 1.29 is 22.9 Å². The van der Waals surface area contributed by atoms with Gasteiger partial charge in [0, 0.05) is 42.8 Å². The summed E-state index contributed by atoms with van der Waals surface area (Å²) in [6.45, 7) is 1.22. The standard InChI is InChI=1S/C19H16ClF3N4O3S/c20-14-4-1-12(2-5-14)17(28)24-18(31)26-9-7-25(8-10-26)15-6-3-13(19(21,22)23)11-16(15)27(29)30/h1-6,11H,7-10H2,(H,24,28,31). The number of benzene rings is 2. The Labute approximate surface area is 185 Å². The number of carbonyl (C=O) groups excluding carboxylic acids is 1. The van der Waals surface area contributed by atoms with Gasteiger partial charge in [0.1, 0.15) is 5.69 Å². The molecule has 0 atom stereocenters. The Morgan fingerprint density at radius 1 is 1.10 bits per heavy atom. The molecule has 0 aromatic heterocycles. The van der Waals surface area contributed by atoms with E-state index < -0.39 is 28.3 Å². The number of piperazine rings is 1. The lowest BCUT2D eigenvalue weighted by Gasteiger charge is -2.37. The molecule has 3 rings (SSSR count). The first-order valence-electron chi connectivity index (χ1n) is 9.02. The quantitative estimate of drug-likeness (QED) is 0.411. The van der Waals surface area contributed by atoms with Crippen LogP contribution in [-0.4, -0.2) is 47.0 Å². The van der Waals surface area contributed by atoms with Crippen LogP contribution in [-0.2, 0) is 6.18 Å². The molecule has 1 aliphatic rings. The average molecular weight is 473 g/mol. The Bertz CT molecular complexity index is 1010. The second kappa shape index (κ2) is 9.06. The molecule has 12 heteroatoms. The lowest BCUT2D eigenvalue weighted by atomic mass is 10.1. The SMILES string of the molecule is O=C(NC(=S)N1CCN(c2ccc(C(F)(F)F)cc2[N+](=O)[O-])CC1)c1ccc(Cl)cc1. The highest BCUT2D eigenvalue weighted by Crippen LogP contribution is 2.36. The largest absolute Gasteiger partial charge is 0.416 e. The van der Waals surface area contributed by atoms with Gasteiger partial charge in [-0.3, -0.25) is 20.2 Å². The van der Waals surface area contributed by atoms with Crippen LogP contribution in [0, 0.1) is 10.1 Å². The van der Waals surface area contributed by atoms with Crippen LogP contribution in [0.1, 0.15) is 15.9 Å². The molecule has 0 radical (unpaired) electrons. The smallest absolute Gasteiger partial charge is 0.362 e. The zero-order valence-corrected chi connectivity index (χ0v) is 17.4. The molecular formula is C19H16ClF3N4O3S. The van der Waals surface area contributed by atoms with E-state index in [0.717, 1.165) is 12.1 Å². The van der Waals surface area contributed by atoms with Crippen molar-refractivity contribution >= 4 is 46.2 Å². The zero-order chi connectivity index (χ0) is 22.8. The van der Waals surface area contributed by atoms with Gasteiger partial charge in [-0.05, 0) is 48.6 Å². The van der Waals surface area contributed by atoms with Gasteiger partial charge in [0.05, 0.1) is 10.5 Å². The normalized spacial score (nSPS) is 14.3. The highest BCUT2D eigenvalue weighted by atomic mass is 35.5. The highest BCUT2D eigenvalue weighted by Gasteiger charge is 2.34. The maximum Gasteiger partial charge on any atom is 0.416 e. The number of nitrogens with zero attached hydrogens (tertiary/aromatic N) is 3. The van der Waals surface area contributed by atoms with Crippen molar-refractivity contribution in [3.05, 3.63) is 68.7 Å². The van der Waals surface area contributed by atoms with Gasteiger partial charge in [-0.2, -0.15) is 13.2 Å². The van der Waals surface area contributed by atoms with Crippen LogP contribution in [0.25, 0.3) is 0 Å². The summed E-state index contributed by atoms with van der Waals surface area (Å²) in [6.07, 6.45) is -4.67. The Morgan fingerprint density at radius 2 is 1.71 bits per heavy atom. The number of carbonyl (C=O) groups is 1. The van der Waals surface area contributed by atoms with E-state index in [2.05, 4.69) is 5.32 Å². The maximum absolute atomic E-state index is 12.9. The van der Waals surface area contributed by atoms with Crippen molar-refractivity contribution in [1.29, 1.82) is 0 Å². The van der Waals surface area contributed by atoms with Crippen LogP contribution in [0.5, 0.6) is 0 Å². The molecule has 2 aromatic rings. The molecule has 1 amide bonds. The zero-order valence-electron chi connectivity index (χ0n) is 15.9. The minimum absolute atomic E-state index is 0.105.